The average Bonchev–Trinajstić information content (AvgIpc) is 2.26. The molecule has 1 unspecified atom stereocenters. The average molecular weight is 190 g/mol. The van der Waals surface area contributed by atoms with Gasteiger partial charge in [-0.1, -0.05) is 0 Å². The second-order valence-electron chi connectivity index (χ2n) is 3.25. The number of hydrogen-bond acceptors (Lipinski definition) is 4. The van der Waals surface area contributed by atoms with Crippen molar-refractivity contribution >= 4 is 17.3 Å². The molecular formula is C8H14O3S. The summed E-state index contributed by atoms with van der Waals surface area (Å²) >= 11 is 4.77. The predicted octanol–water partition coefficient (Wildman–Crippen LogP) is 1.50. The van der Waals surface area contributed by atoms with Gasteiger partial charge in [0.25, 0.3) is 0 Å². The van der Waals surface area contributed by atoms with Crippen LogP contribution in [0.5, 0.6) is 0 Å². The summed E-state index contributed by atoms with van der Waals surface area (Å²) < 4.78 is 16.0. The maximum Gasteiger partial charge on any atom is 0.163 e. The van der Waals surface area contributed by atoms with Crippen LogP contribution in [0.25, 0.3) is 0 Å². The maximum atomic E-state index is 5.49. The van der Waals surface area contributed by atoms with Crippen molar-refractivity contribution in [1.29, 1.82) is 0 Å². The van der Waals surface area contributed by atoms with Gasteiger partial charge in [-0.2, -0.15) is 0 Å². The molecule has 0 amide bonds. The van der Waals surface area contributed by atoms with E-state index in [4.69, 9.17) is 26.4 Å². The van der Waals surface area contributed by atoms with Gasteiger partial charge in [0.2, 0.25) is 0 Å². The molecule has 0 radical (unpaired) electrons. The highest BCUT2D eigenvalue weighted by atomic mass is 32.1. The molecule has 1 atom stereocenters. The summed E-state index contributed by atoms with van der Waals surface area (Å²) in [6, 6.07) is 0. The summed E-state index contributed by atoms with van der Waals surface area (Å²) in [7, 11) is 0. The minimum atomic E-state index is -0.469. The number of rotatable bonds is 2. The lowest BCUT2D eigenvalue weighted by molar-refractivity contribution is -0.141. The van der Waals surface area contributed by atoms with Crippen LogP contribution < -0.4 is 0 Å². The summed E-state index contributed by atoms with van der Waals surface area (Å²) in [6.45, 7) is 6.58. The van der Waals surface area contributed by atoms with Crippen LogP contribution in [0.1, 0.15) is 20.8 Å². The minimum Gasteiger partial charge on any atom is -0.485 e. The lowest BCUT2D eigenvalue weighted by Gasteiger charge is -2.16. The molecule has 0 aromatic carbocycles. The first-order chi connectivity index (χ1) is 5.49. The molecule has 1 heterocycles. The van der Waals surface area contributed by atoms with Gasteiger partial charge in [0, 0.05) is 6.92 Å². The molecule has 1 saturated heterocycles. The Morgan fingerprint density at radius 2 is 2.33 bits per heavy atom. The Balaban J connectivity index is 2.24. The van der Waals surface area contributed by atoms with Gasteiger partial charge in [-0.25, -0.2) is 0 Å². The van der Waals surface area contributed by atoms with Gasteiger partial charge in [0.15, 0.2) is 10.8 Å². The molecule has 1 aliphatic rings. The van der Waals surface area contributed by atoms with Gasteiger partial charge in [-0.3, -0.25) is 0 Å². The Morgan fingerprint density at radius 3 is 2.75 bits per heavy atom. The lowest BCUT2D eigenvalue weighted by atomic mass is 10.4. The molecule has 1 aliphatic heterocycles. The van der Waals surface area contributed by atoms with Gasteiger partial charge >= 0.3 is 0 Å². The van der Waals surface area contributed by atoms with E-state index in [0.29, 0.717) is 18.3 Å². The summed E-state index contributed by atoms with van der Waals surface area (Å²) in [5, 5.41) is 0.545. The monoisotopic (exact) mass is 190 g/mol. The fourth-order valence-corrected chi connectivity index (χ4v) is 1.12. The van der Waals surface area contributed by atoms with Crippen molar-refractivity contribution in [2.24, 2.45) is 0 Å². The van der Waals surface area contributed by atoms with E-state index >= 15 is 0 Å². The highest BCUT2D eigenvalue weighted by molar-refractivity contribution is 7.80. The SMILES string of the molecule is CC(=S)OCC1COC(C)(C)O1. The Hall–Kier alpha value is -0.190. The van der Waals surface area contributed by atoms with Crippen molar-refractivity contribution in [1.82, 2.24) is 0 Å². The van der Waals surface area contributed by atoms with Crippen LogP contribution in [0.3, 0.4) is 0 Å². The summed E-state index contributed by atoms with van der Waals surface area (Å²) in [5.41, 5.74) is 0. The van der Waals surface area contributed by atoms with Crippen molar-refractivity contribution in [3.8, 4) is 0 Å². The lowest BCUT2D eigenvalue weighted by Crippen LogP contribution is -2.24. The van der Waals surface area contributed by atoms with Crippen LogP contribution in [-0.4, -0.2) is 30.2 Å². The minimum absolute atomic E-state index is 0.0119. The second-order valence-corrected chi connectivity index (χ2v) is 3.83. The van der Waals surface area contributed by atoms with E-state index in [0.717, 1.165) is 0 Å². The normalized spacial score (nSPS) is 27.1. The Labute approximate surface area is 78.0 Å². The molecule has 0 aliphatic carbocycles. The predicted molar refractivity (Wildman–Crippen MR) is 49.1 cm³/mol. The molecule has 0 bridgehead atoms. The van der Waals surface area contributed by atoms with Gasteiger partial charge in [0.1, 0.15) is 12.7 Å². The van der Waals surface area contributed by atoms with E-state index in [-0.39, 0.29) is 6.10 Å². The van der Waals surface area contributed by atoms with Crippen LogP contribution >= 0.6 is 12.2 Å². The summed E-state index contributed by atoms with van der Waals surface area (Å²) in [4.78, 5) is 0. The maximum absolute atomic E-state index is 5.49. The highest BCUT2D eigenvalue weighted by Gasteiger charge is 2.32. The first kappa shape index (κ1) is 9.89. The van der Waals surface area contributed by atoms with Crippen LogP contribution in [0, 0.1) is 0 Å². The molecule has 1 fully saturated rings. The van der Waals surface area contributed by atoms with E-state index in [2.05, 4.69) is 0 Å². The zero-order valence-electron chi connectivity index (χ0n) is 7.62. The third kappa shape index (κ3) is 3.05. The summed E-state index contributed by atoms with van der Waals surface area (Å²) in [5.74, 6) is -0.469. The van der Waals surface area contributed by atoms with E-state index in [9.17, 15) is 0 Å². The van der Waals surface area contributed by atoms with Crippen LogP contribution in [0.4, 0.5) is 0 Å². The zero-order valence-corrected chi connectivity index (χ0v) is 8.44. The van der Waals surface area contributed by atoms with E-state index in [1.807, 2.05) is 13.8 Å². The third-order valence-electron chi connectivity index (χ3n) is 1.54. The van der Waals surface area contributed by atoms with Gasteiger partial charge in [-0.05, 0) is 26.1 Å². The smallest absolute Gasteiger partial charge is 0.163 e. The Kier molecular flexibility index (Phi) is 3.04. The fraction of sp³-hybridized carbons (Fsp3) is 0.875. The van der Waals surface area contributed by atoms with Gasteiger partial charge < -0.3 is 14.2 Å². The molecule has 4 heteroatoms. The van der Waals surface area contributed by atoms with E-state index in [1.165, 1.54) is 0 Å². The quantitative estimate of drug-likeness (QED) is 0.617. The molecule has 0 aromatic rings. The fourth-order valence-electron chi connectivity index (χ4n) is 1.06. The summed E-state index contributed by atoms with van der Waals surface area (Å²) in [6.07, 6.45) is 0.0119. The second kappa shape index (κ2) is 3.68. The molecule has 70 valence electrons. The van der Waals surface area contributed by atoms with Crippen LogP contribution in [0.2, 0.25) is 0 Å². The van der Waals surface area contributed by atoms with Crippen molar-refractivity contribution < 1.29 is 14.2 Å². The van der Waals surface area contributed by atoms with Gasteiger partial charge in [0.05, 0.1) is 6.61 Å². The first-order valence-corrected chi connectivity index (χ1v) is 4.35. The number of thiocarbonyl (C=S) groups is 1. The standard InChI is InChI=1S/C8H14O3S/c1-6(12)9-4-7-5-10-8(2,3)11-7/h7H,4-5H2,1-3H3. The molecule has 12 heavy (non-hydrogen) atoms. The molecule has 3 nitrogen and oxygen atoms in total. The van der Waals surface area contributed by atoms with Crippen molar-refractivity contribution in [3.05, 3.63) is 0 Å². The first-order valence-electron chi connectivity index (χ1n) is 3.95. The zero-order chi connectivity index (χ0) is 9.19. The number of hydrogen-bond donors (Lipinski definition) is 0. The Morgan fingerprint density at radius 1 is 1.67 bits per heavy atom. The molecule has 0 spiro atoms. The largest absolute Gasteiger partial charge is 0.485 e. The molecular weight excluding hydrogens is 176 g/mol. The van der Waals surface area contributed by atoms with Crippen molar-refractivity contribution in [2.75, 3.05) is 13.2 Å². The third-order valence-corrected chi connectivity index (χ3v) is 1.66. The van der Waals surface area contributed by atoms with Crippen molar-refractivity contribution in [2.45, 2.75) is 32.7 Å². The van der Waals surface area contributed by atoms with Gasteiger partial charge in [-0.15, -0.1) is 0 Å². The Bertz CT molecular complexity index is 179. The number of ether oxygens (including phenoxy) is 3. The molecule has 0 aromatic heterocycles. The molecule has 1 rings (SSSR count). The van der Waals surface area contributed by atoms with E-state index < -0.39 is 5.79 Å². The topological polar surface area (TPSA) is 27.7 Å². The van der Waals surface area contributed by atoms with Crippen LogP contribution in [0.15, 0.2) is 0 Å². The molecule has 0 N–H and O–H groups in total. The van der Waals surface area contributed by atoms with Crippen LogP contribution in [-0.2, 0) is 14.2 Å². The molecule has 0 saturated carbocycles. The van der Waals surface area contributed by atoms with Crippen molar-refractivity contribution in [3.63, 3.8) is 0 Å². The highest BCUT2D eigenvalue weighted by Crippen LogP contribution is 2.22. The van der Waals surface area contributed by atoms with E-state index in [1.54, 1.807) is 6.92 Å².